The summed E-state index contributed by atoms with van der Waals surface area (Å²) in [7, 11) is 1.48. The lowest BCUT2D eigenvalue weighted by atomic mass is 10.2. The van der Waals surface area contributed by atoms with Crippen molar-refractivity contribution < 1.29 is 9.59 Å². The van der Waals surface area contributed by atoms with Crippen LogP contribution in [0.1, 0.15) is 10.4 Å². The van der Waals surface area contributed by atoms with Crippen LogP contribution >= 0.6 is 11.6 Å². The first kappa shape index (κ1) is 12.3. The second kappa shape index (κ2) is 5.32. The Morgan fingerprint density at radius 2 is 2.19 bits per heavy atom. The molecule has 7 heteroatoms. The molecule has 0 atom stereocenters. The summed E-state index contributed by atoms with van der Waals surface area (Å²) in [6, 6.07) is 2.75. The van der Waals surface area contributed by atoms with Gasteiger partial charge in [-0.1, -0.05) is 11.6 Å². The normalized spacial score (nSPS) is 9.62. The Bertz CT molecular complexity index is 402. The fraction of sp³-hybridized carbons (Fsp3) is 0.222. The molecule has 2 amide bonds. The van der Waals surface area contributed by atoms with Gasteiger partial charge in [0.15, 0.2) is 0 Å². The number of hydrogen-bond donors (Lipinski definition) is 3. The first-order valence-corrected chi connectivity index (χ1v) is 4.82. The Hall–Kier alpha value is -1.82. The van der Waals surface area contributed by atoms with Crippen molar-refractivity contribution in [1.82, 2.24) is 15.6 Å². The number of nitrogens with two attached hydrogens (primary N) is 1. The molecule has 0 aromatic carbocycles. The molecule has 0 spiro atoms. The van der Waals surface area contributed by atoms with Crippen molar-refractivity contribution in [3.63, 3.8) is 0 Å². The summed E-state index contributed by atoms with van der Waals surface area (Å²) in [5, 5.41) is 4.92. The average Bonchev–Trinajstić information content (AvgIpc) is 2.23. The summed E-state index contributed by atoms with van der Waals surface area (Å²) < 4.78 is 0. The van der Waals surface area contributed by atoms with E-state index in [2.05, 4.69) is 15.6 Å². The number of nitrogen functional groups attached to an aromatic ring is 1. The molecular weight excluding hydrogens is 232 g/mol. The van der Waals surface area contributed by atoms with Gasteiger partial charge in [-0.25, -0.2) is 4.98 Å². The van der Waals surface area contributed by atoms with Gasteiger partial charge in [-0.2, -0.15) is 0 Å². The molecule has 0 radical (unpaired) electrons. The van der Waals surface area contributed by atoms with E-state index in [1.54, 1.807) is 0 Å². The molecule has 4 N–H and O–H groups in total. The van der Waals surface area contributed by atoms with E-state index in [1.807, 2.05) is 0 Å². The third-order valence-corrected chi connectivity index (χ3v) is 1.96. The Morgan fingerprint density at radius 1 is 1.50 bits per heavy atom. The summed E-state index contributed by atoms with van der Waals surface area (Å²) in [6.07, 6.45) is 0. The van der Waals surface area contributed by atoms with Crippen molar-refractivity contribution in [2.24, 2.45) is 0 Å². The molecule has 1 heterocycles. The van der Waals surface area contributed by atoms with E-state index in [-0.39, 0.29) is 29.0 Å². The molecule has 0 aliphatic rings. The number of rotatable bonds is 3. The fourth-order valence-electron chi connectivity index (χ4n) is 0.999. The minimum Gasteiger partial charge on any atom is -0.384 e. The Kier molecular flexibility index (Phi) is 4.07. The van der Waals surface area contributed by atoms with E-state index in [9.17, 15) is 9.59 Å². The Morgan fingerprint density at radius 3 is 2.75 bits per heavy atom. The highest BCUT2D eigenvalue weighted by atomic mass is 35.5. The van der Waals surface area contributed by atoms with Crippen molar-refractivity contribution in [3.05, 3.63) is 22.8 Å². The number of aromatic nitrogens is 1. The quantitative estimate of drug-likeness (QED) is 0.639. The summed E-state index contributed by atoms with van der Waals surface area (Å²) in [4.78, 5) is 26.1. The van der Waals surface area contributed by atoms with E-state index in [1.165, 1.54) is 19.2 Å². The Balaban J connectivity index is 2.69. The zero-order chi connectivity index (χ0) is 12.1. The number of carbonyl (C=O) groups is 2. The second-order valence-electron chi connectivity index (χ2n) is 2.96. The highest BCUT2D eigenvalue weighted by Crippen LogP contribution is 2.11. The maximum absolute atomic E-state index is 11.5. The van der Waals surface area contributed by atoms with Crippen molar-refractivity contribution in [2.75, 3.05) is 19.3 Å². The first-order valence-electron chi connectivity index (χ1n) is 4.44. The number of likely N-dealkylation sites (N-methyl/N-ethyl adjacent to an activating group) is 1. The lowest BCUT2D eigenvalue weighted by Gasteiger charge is -2.05. The molecule has 0 aliphatic heterocycles. The van der Waals surface area contributed by atoms with E-state index < -0.39 is 5.91 Å². The molecule has 1 aromatic heterocycles. The van der Waals surface area contributed by atoms with Crippen LogP contribution in [0.5, 0.6) is 0 Å². The number of anilines is 1. The van der Waals surface area contributed by atoms with Gasteiger partial charge in [-0.05, 0) is 12.1 Å². The van der Waals surface area contributed by atoms with Crippen molar-refractivity contribution in [3.8, 4) is 0 Å². The van der Waals surface area contributed by atoms with E-state index in [4.69, 9.17) is 17.3 Å². The SMILES string of the molecule is CNC(=O)CNC(=O)c1cc(N)nc(Cl)c1. The van der Waals surface area contributed by atoms with Crippen LogP contribution < -0.4 is 16.4 Å². The third-order valence-electron chi connectivity index (χ3n) is 1.76. The molecule has 0 saturated carbocycles. The summed E-state index contributed by atoms with van der Waals surface area (Å²) in [5.74, 6) is -0.571. The maximum Gasteiger partial charge on any atom is 0.251 e. The van der Waals surface area contributed by atoms with Crippen LogP contribution in [0.3, 0.4) is 0 Å². The predicted octanol–water partition coefficient (Wildman–Crippen LogP) is -0.207. The molecule has 0 saturated heterocycles. The average molecular weight is 243 g/mol. The zero-order valence-corrected chi connectivity index (χ0v) is 9.34. The van der Waals surface area contributed by atoms with E-state index in [0.717, 1.165) is 0 Å². The number of amides is 2. The predicted molar refractivity (Wildman–Crippen MR) is 60.1 cm³/mol. The van der Waals surface area contributed by atoms with Crippen LogP contribution in [0.15, 0.2) is 12.1 Å². The van der Waals surface area contributed by atoms with Crippen LogP contribution in [0, 0.1) is 0 Å². The largest absolute Gasteiger partial charge is 0.384 e. The topological polar surface area (TPSA) is 97.1 Å². The van der Waals surface area contributed by atoms with Crippen LogP contribution in [0.2, 0.25) is 5.15 Å². The standard InChI is InChI=1S/C9H11ClN4O2/c1-12-8(15)4-13-9(16)5-2-6(10)14-7(11)3-5/h2-3H,4H2,1H3,(H2,11,14)(H,12,15)(H,13,16). The minimum absolute atomic E-state index is 0.102. The number of pyridine rings is 1. The van der Waals surface area contributed by atoms with Gasteiger partial charge in [-0.3, -0.25) is 9.59 Å². The van der Waals surface area contributed by atoms with Gasteiger partial charge >= 0.3 is 0 Å². The monoisotopic (exact) mass is 242 g/mol. The molecule has 0 unspecified atom stereocenters. The molecule has 0 bridgehead atoms. The fourth-order valence-corrected chi connectivity index (χ4v) is 1.21. The number of halogens is 1. The number of carbonyl (C=O) groups excluding carboxylic acids is 2. The number of nitrogens with zero attached hydrogens (tertiary/aromatic N) is 1. The number of hydrogen-bond acceptors (Lipinski definition) is 4. The van der Waals surface area contributed by atoms with Crippen LogP contribution in [-0.4, -0.2) is 30.4 Å². The number of nitrogens with one attached hydrogen (secondary N) is 2. The molecule has 1 aromatic rings. The van der Waals surface area contributed by atoms with Gasteiger partial charge in [0.2, 0.25) is 5.91 Å². The lowest BCUT2D eigenvalue weighted by molar-refractivity contribution is -0.119. The van der Waals surface area contributed by atoms with Crippen LogP contribution in [0.25, 0.3) is 0 Å². The van der Waals surface area contributed by atoms with Crippen molar-refractivity contribution in [2.45, 2.75) is 0 Å². The maximum atomic E-state index is 11.5. The second-order valence-corrected chi connectivity index (χ2v) is 3.35. The van der Waals surface area contributed by atoms with E-state index >= 15 is 0 Å². The van der Waals surface area contributed by atoms with Gasteiger partial charge in [0.05, 0.1) is 6.54 Å². The van der Waals surface area contributed by atoms with Crippen LogP contribution in [-0.2, 0) is 4.79 Å². The highest BCUT2D eigenvalue weighted by Gasteiger charge is 2.09. The molecule has 16 heavy (non-hydrogen) atoms. The van der Waals surface area contributed by atoms with Gasteiger partial charge in [0.25, 0.3) is 5.91 Å². The highest BCUT2D eigenvalue weighted by molar-refractivity contribution is 6.29. The molecule has 0 fully saturated rings. The molecular formula is C9H11ClN4O2. The molecule has 1 rings (SSSR count). The molecule has 0 aliphatic carbocycles. The lowest BCUT2D eigenvalue weighted by Crippen LogP contribution is -2.35. The summed E-state index contributed by atoms with van der Waals surface area (Å²) >= 11 is 5.63. The van der Waals surface area contributed by atoms with Gasteiger partial charge in [0, 0.05) is 12.6 Å². The van der Waals surface area contributed by atoms with E-state index in [0.29, 0.717) is 0 Å². The van der Waals surface area contributed by atoms with Crippen molar-refractivity contribution in [1.29, 1.82) is 0 Å². The van der Waals surface area contributed by atoms with Crippen LogP contribution in [0.4, 0.5) is 5.82 Å². The molecule has 86 valence electrons. The summed E-state index contributed by atoms with van der Waals surface area (Å²) in [6.45, 7) is -0.102. The Labute approximate surface area is 97.2 Å². The summed E-state index contributed by atoms with van der Waals surface area (Å²) in [5.41, 5.74) is 5.69. The van der Waals surface area contributed by atoms with Gasteiger partial charge < -0.3 is 16.4 Å². The third kappa shape index (κ3) is 3.39. The van der Waals surface area contributed by atoms with Crippen molar-refractivity contribution >= 4 is 29.2 Å². The first-order chi connectivity index (χ1) is 7.52. The van der Waals surface area contributed by atoms with Gasteiger partial charge in [0.1, 0.15) is 11.0 Å². The molecule has 6 nitrogen and oxygen atoms in total. The zero-order valence-electron chi connectivity index (χ0n) is 8.58. The van der Waals surface area contributed by atoms with Gasteiger partial charge in [-0.15, -0.1) is 0 Å². The minimum atomic E-state index is -0.431. The smallest absolute Gasteiger partial charge is 0.251 e.